The Hall–Kier alpha value is -2.14. The van der Waals surface area contributed by atoms with Gasteiger partial charge in [0.25, 0.3) is 0 Å². The highest BCUT2D eigenvalue weighted by Gasteiger charge is 2.09. The Morgan fingerprint density at radius 3 is 2.68 bits per heavy atom. The number of carbonyl (C=O) groups is 1. The van der Waals surface area contributed by atoms with Crippen molar-refractivity contribution in [3.63, 3.8) is 0 Å². The first kappa shape index (κ1) is 17.7. The van der Waals surface area contributed by atoms with E-state index in [0.29, 0.717) is 12.8 Å². The highest BCUT2D eigenvalue weighted by atomic mass is 79.9. The molecule has 2 N–H and O–H groups in total. The van der Waals surface area contributed by atoms with Crippen molar-refractivity contribution in [1.82, 2.24) is 15.3 Å². The SMILES string of the molecule is CC(CCc1ccc(Br)cc1)NC(=O)CCc1nc2ccccc2[nH]1. The van der Waals surface area contributed by atoms with Crippen LogP contribution in [-0.2, 0) is 17.6 Å². The quantitative estimate of drug-likeness (QED) is 0.618. The summed E-state index contributed by atoms with van der Waals surface area (Å²) < 4.78 is 1.09. The molecule has 2 aromatic carbocycles. The molecule has 0 spiro atoms. The number of amides is 1. The van der Waals surface area contributed by atoms with Crippen LogP contribution in [-0.4, -0.2) is 21.9 Å². The second-order valence-electron chi connectivity index (χ2n) is 6.33. The molecule has 0 aliphatic carbocycles. The van der Waals surface area contributed by atoms with Crippen molar-refractivity contribution in [2.24, 2.45) is 0 Å². The summed E-state index contributed by atoms with van der Waals surface area (Å²) in [6.07, 6.45) is 2.96. The van der Waals surface area contributed by atoms with Crippen LogP contribution in [0.1, 0.15) is 31.2 Å². The molecule has 4 nitrogen and oxygen atoms in total. The molecule has 0 radical (unpaired) electrons. The number of nitrogens with one attached hydrogen (secondary N) is 2. The van der Waals surface area contributed by atoms with E-state index in [9.17, 15) is 4.79 Å². The average molecular weight is 400 g/mol. The lowest BCUT2D eigenvalue weighted by atomic mass is 10.1. The summed E-state index contributed by atoms with van der Waals surface area (Å²) in [4.78, 5) is 19.9. The van der Waals surface area contributed by atoms with Crippen molar-refractivity contribution in [3.8, 4) is 0 Å². The van der Waals surface area contributed by atoms with E-state index in [1.165, 1.54) is 5.56 Å². The first-order valence-electron chi connectivity index (χ1n) is 8.57. The lowest BCUT2D eigenvalue weighted by Crippen LogP contribution is -2.33. The lowest BCUT2D eigenvalue weighted by molar-refractivity contribution is -0.121. The number of aryl methyl sites for hydroxylation is 2. The molecular formula is C20H22BrN3O. The molecule has 1 atom stereocenters. The van der Waals surface area contributed by atoms with Gasteiger partial charge in [-0.25, -0.2) is 4.98 Å². The van der Waals surface area contributed by atoms with Gasteiger partial charge in [-0.05, 0) is 49.6 Å². The zero-order valence-corrected chi connectivity index (χ0v) is 15.8. The van der Waals surface area contributed by atoms with Crippen molar-refractivity contribution >= 4 is 32.9 Å². The third-order valence-corrected chi connectivity index (χ3v) is 4.74. The maximum Gasteiger partial charge on any atom is 0.220 e. The van der Waals surface area contributed by atoms with Crippen LogP contribution in [0.15, 0.2) is 53.0 Å². The van der Waals surface area contributed by atoms with Crippen LogP contribution in [0.5, 0.6) is 0 Å². The maximum absolute atomic E-state index is 12.1. The van der Waals surface area contributed by atoms with Gasteiger partial charge in [-0.1, -0.05) is 40.2 Å². The number of fused-ring (bicyclic) bond motifs is 1. The van der Waals surface area contributed by atoms with E-state index in [2.05, 4.69) is 50.3 Å². The van der Waals surface area contributed by atoms with Crippen molar-refractivity contribution < 1.29 is 4.79 Å². The van der Waals surface area contributed by atoms with E-state index in [1.54, 1.807) is 0 Å². The number of para-hydroxylation sites is 2. The average Bonchev–Trinajstić information content (AvgIpc) is 3.02. The van der Waals surface area contributed by atoms with Gasteiger partial charge >= 0.3 is 0 Å². The highest BCUT2D eigenvalue weighted by molar-refractivity contribution is 9.10. The number of benzene rings is 2. The summed E-state index contributed by atoms with van der Waals surface area (Å²) in [5.74, 6) is 0.933. The van der Waals surface area contributed by atoms with Gasteiger partial charge < -0.3 is 10.3 Å². The minimum absolute atomic E-state index is 0.0729. The van der Waals surface area contributed by atoms with Gasteiger partial charge in [0.15, 0.2) is 0 Å². The largest absolute Gasteiger partial charge is 0.354 e. The second-order valence-corrected chi connectivity index (χ2v) is 7.25. The Labute approximate surface area is 156 Å². The first-order chi connectivity index (χ1) is 12.1. The van der Waals surface area contributed by atoms with Crippen molar-refractivity contribution in [2.45, 2.75) is 38.6 Å². The Morgan fingerprint density at radius 1 is 1.16 bits per heavy atom. The maximum atomic E-state index is 12.1. The number of aromatic amines is 1. The van der Waals surface area contributed by atoms with Crippen LogP contribution in [0.3, 0.4) is 0 Å². The smallest absolute Gasteiger partial charge is 0.220 e. The van der Waals surface area contributed by atoms with Gasteiger partial charge in [0.1, 0.15) is 5.82 Å². The molecule has 0 saturated carbocycles. The fraction of sp³-hybridized carbons (Fsp3) is 0.300. The van der Waals surface area contributed by atoms with Crippen LogP contribution in [0.25, 0.3) is 11.0 Å². The van der Waals surface area contributed by atoms with Crippen LogP contribution >= 0.6 is 15.9 Å². The summed E-state index contributed by atoms with van der Waals surface area (Å²) in [5, 5.41) is 3.08. The molecule has 1 aromatic heterocycles. The van der Waals surface area contributed by atoms with Gasteiger partial charge in [-0.3, -0.25) is 4.79 Å². The summed E-state index contributed by atoms with van der Waals surface area (Å²) in [5.41, 5.74) is 3.24. The minimum Gasteiger partial charge on any atom is -0.354 e. The fourth-order valence-corrected chi connectivity index (χ4v) is 3.07. The molecule has 3 rings (SSSR count). The summed E-state index contributed by atoms with van der Waals surface area (Å²) in [6.45, 7) is 2.05. The van der Waals surface area contributed by atoms with Crippen LogP contribution in [0.2, 0.25) is 0 Å². The van der Waals surface area contributed by atoms with Gasteiger partial charge in [-0.2, -0.15) is 0 Å². The highest BCUT2D eigenvalue weighted by Crippen LogP contribution is 2.13. The predicted octanol–water partition coefficient (Wildman–Crippen LogP) is 4.40. The van der Waals surface area contributed by atoms with Gasteiger partial charge in [0, 0.05) is 23.4 Å². The Kier molecular flexibility index (Phi) is 5.87. The standard InChI is InChI=1S/C20H22BrN3O/c1-14(6-7-15-8-10-16(21)11-9-15)22-20(25)13-12-19-23-17-4-2-3-5-18(17)24-19/h2-5,8-11,14H,6-7,12-13H2,1H3,(H,22,25)(H,23,24). The zero-order valence-electron chi connectivity index (χ0n) is 14.3. The molecule has 1 heterocycles. The van der Waals surface area contributed by atoms with Crippen LogP contribution in [0.4, 0.5) is 0 Å². The number of H-pyrrole nitrogens is 1. The second kappa shape index (κ2) is 8.30. The predicted molar refractivity (Wildman–Crippen MR) is 104 cm³/mol. The number of hydrogen-bond acceptors (Lipinski definition) is 2. The van der Waals surface area contributed by atoms with Crippen LogP contribution < -0.4 is 5.32 Å². The summed E-state index contributed by atoms with van der Waals surface area (Å²) in [6, 6.07) is 16.4. The molecule has 5 heteroatoms. The van der Waals surface area contributed by atoms with Crippen molar-refractivity contribution in [2.75, 3.05) is 0 Å². The van der Waals surface area contributed by atoms with E-state index in [4.69, 9.17) is 0 Å². The Balaban J connectivity index is 1.42. The molecule has 0 saturated heterocycles. The third-order valence-electron chi connectivity index (χ3n) is 4.21. The Morgan fingerprint density at radius 2 is 1.92 bits per heavy atom. The molecule has 130 valence electrons. The molecule has 25 heavy (non-hydrogen) atoms. The van der Waals surface area contributed by atoms with Crippen molar-refractivity contribution in [3.05, 3.63) is 64.4 Å². The van der Waals surface area contributed by atoms with E-state index in [1.807, 2.05) is 36.4 Å². The molecular weight excluding hydrogens is 378 g/mol. The van der Waals surface area contributed by atoms with E-state index in [-0.39, 0.29) is 11.9 Å². The minimum atomic E-state index is 0.0729. The Bertz CT molecular complexity index is 809. The van der Waals surface area contributed by atoms with Crippen molar-refractivity contribution in [1.29, 1.82) is 0 Å². The lowest BCUT2D eigenvalue weighted by Gasteiger charge is -2.13. The van der Waals surface area contributed by atoms with Gasteiger partial charge in [-0.15, -0.1) is 0 Å². The molecule has 3 aromatic rings. The number of carbonyl (C=O) groups excluding carboxylic acids is 1. The number of rotatable bonds is 7. The number of aromatic nitrogens is 2. The number of imidazole rings is 1. The van der Waals surface area contributed by atoms with E-state index in [0.717, 1.165) is 34.2 Å². The fourth-order valence-electron chi connectivity index (χ4n) is 2.81. The molecule has 0 aliphatic heterocycles. The topological polar surface area (TPSA) is 57.8 Å². The molecule has 0 bridgehead atoms. The monoisotopic (exact) mass is 399 g/mol. The normalized spacial score (nSPS) is 12.2. The summed E-state index contributed by atoms with van der Waals surface area (Å²) >= 11 is 3.44. The van der Waals surface area contributed by atoms with Crippen LogP contribution in [0, 0.1) is 0 Å². The van der Waals surface area contributed by atoms with Gasteiger partial charge in [0.2, 0.25) is 5.91 Å². The first-order valence-corrected chi connectivity index (χ1v) is 9.37. The zero-order chi connectivity index (χ0) is 17.6. The van der Waals surface area contributed by atoms with Gasteiger partial charge in [0.05, 0.1) is 11.0 Å². The molecule has 0 fully saturated rings. The molecule has 1 amide bonds. The molecule has 0 aliphatic rings. The number of hydrogen-bond donors (Lipinski definition) is 2. The third kappa shape index (κ3) is 5.16. The number of halogens is 1. The van der Waals surface area contributed by atoms with E-state index >= 15 is 0 Å². The summed E-state index contributed by atoms with van der Waals surface area (Å²) in [7, 11) is 0. The molecule has 1 unspecified atom stereocenters. The number of nitrogens with zero attached hydrogens (tertiary/aromatic N) is 1. The van der Waals surface area contributed by atoms with E-state index < -0.39 is 0 Å².